The van der Waals surface area contributed by atoms with Crippen molar-refractivity contribution >= 4 is 32.6 Å². The van der Waals surface area contributed by atoms with Crippen LogP contribution in [0.2, 0.25) is 0 Å². The summed E-state index contributed by atoms with van der Waals surface area (Å²) in [6.45, 7) is 0.341. The van der Waals surface area contributed by atoms with Crippen molar-refractivity contribution in [2.75, 3.05) is 17.7 Å². The third-order valence-electron chi connectivity index (χ3n) is 4.91. The van der Waals surface area contributed by atoms with Crippen LogP contribution < -0.4 is 4.90 Å². The number of hydrogen-bond acceptors (Lipinski definition) is 3. The first kappa shape index (κ1) is 19.1. The Morgan fingerprint density at radius 2 is 1.41 bits per heavy atom. The predicted molar refractivity (Wildman–Crippen MR) is 112 cm³/mol. The zero-order chi connectivity index (χ0) is 20.6. The van der Waals surface area contributed by atoms with Crippen LogP contribution >= 0.6 is 0 Å². The number of anilines is 1. The summed E-state index contributed by atoms with van der Waals surface area (Å²) >= 11 is 0. The third-order valence-corrected chi connectivity index (χ3v) is 6.04. The fourth-order valence-electron chi connectivity index (χ4n) is 3.44. The third kappa shape index (κ3) is 3.71. The van der Waals surface area contributed by atoms with Crippen LogP contribution in [0.3, 0.4) is 0 Å². The molecule has 0 N–H and O–H groups in total. The molecule has 0 bridgehead atoms. The molecule has 1 aliphatic rings. The monoisotopic (exact) mass is 407 g/mol. The van der Waals surface area contributed by atoms with Crippen LogP contribution in [-0.4, -0.2) is 27.1 Å². The van der Waals surface area contributed by atoms with Gasteiger partial charge in [0.15, 0.2) is 9.84 Å². The van der Waals surface area contributed by atoms with Gasteiger partial charge < -0.3 is 4.90 Å². The van der Waals surface area contributed by atoms with Crippen LogP contribution in [0.15, 0.2) is 83.8 Å². The number of benzene rings is 3. The van der Waals surface area contributed by atoms with Crippen molar-refractivity contribution in [1.82, 2.24) is 0 Å². The van der Waals surface area contributed by atoms with E-state index >= 15 is 0 Å². The van der Waals surface area contributed by atoms with Gasteiger partial charge in [0, 0.05) is 11.9 Å². The Balaban J connectivity index is 1.83. The molecule has 0 saturated carbocycles. The second-order valence-corrected chi connectivity index (χ2v) is 8.90. The van der Waals surface area contributed by atoms with E-state index in [0.717, 1.165) is 23.1 Å². The molecule has 4 rings (SSSR count). The zero-order valence-corrected chi connectivity index (χ0v) is 16.5. The number of amides is 1. The Bertz CT molecular complexity index is 1200. The standard InChI is InChI=1S/C23H18FNO3S/c1-29(27,28)20-13-9-16(10-14-20)21-15-25(19-5-3-2-4-6-19)23(26)22(21)17-7-11-18(24)12-8-17/h2-14H,15H2,1H3. The van der Waals surface area contributed by atoms with Gasteiger partial charge in [0.1, 0.15) is 5.82 Å². The molecule has 6 heteroatoms. The molecule has 1 aliphatic heterocycles. The largest absolute Gasteiger partial charge is 0.304 e. The lowest BCUT2D eigenvalue weighted by molar-refractivity contribution is -0.112. The number of para-hydroxylation sites is 1. The zero-order valence-electron chi connectivity index (χ0n) is 15.7. The van der Waals surface area contributed by atoms with E-state index in [0.29, 0.717) is 17.7 Å². The van der Waals surface area contributed by atoms with E-state index in [-0.39, 0.29) is 16.6 Å². The number of nitrogens with zero attached hydrogens (tertiary/aromatic N) is 1. The maximum Gasteiger partial charge on any atom is 0.259 e. The van der Waals surface area contributed by atoms with Crippen molar-refractivity contribution in [1.29, 1.82) is 0 Å². The van der Waals surface area contributed by atoms with E-state index in [1.807, 2.05) is 30.3 Å². The lowest BCUT2D eigenvalue weighted by atomic mass is 9.97. The summed E-state index contributed by atoms with van der Waals surface area (Å²) < 4.78 is 36.9. The van der Waals surface area contributed by atoms with Crippen LogP contribution in [-0.2, 0) is 14.6 Å². The summed E-state index contributed by atoms with van der Waals surface area (Å²) in [6.07, 6.45) is 1.15. The van der Waals surface area contributed by atoms with Crippen LogP contribution in [0.5, 0.6) is 0 Å². The number of carbonyl (C=O) groups excluding carboxylic acids is 1. The van der Waals surface area contributed by atoms with Gasteiger partial charge >= 0.3 is 0 Å². The van der Waals surface area contributed by atoms with E-state index in [1.54, 1.807) is 29.2 Å². The highest BCUT2D eigenvalue weighted by Gasteiger charge is 2.33. The Kier molecular flexibility index (Phi) is 4.80. The van der Waals surface area contributed by atoms with E-state index < -0.39 is 9.84 Å². The van der Waals surface area contributed by atoms with Crippen molar-refractivity contribution in [2.24, 2.45) is 0 Å². The van der Waals surface area contributed by atoms with Gasteiger partial charge in [-0.2, -0.15) is 0 Å². The lowest BCUT2D eigenvalue weighted by Crippen LogP contribution is -2.26. The molecular weight excluding hydrogens is 389 g/mol. The highest BCUT2D eigenvalue weighted by atomic mass is 32.2. The Labute approximate surface area is 168 Å². The summed E-state index contributed by atoms with van der Waals surface area (Å²) in [7, 11) is -3.31. The molecule has 4 nitrogen and oxygen atoms in total. The number of sulfone groups is 1. The van der Waals surface area contributed by atoms with Gasteiger partial charge in [-0.15, -0.1) is 0 Å². The van der Waals surface area contributed by atoms with Gasteiger partial charge in [-0.05, 0) is 53.1 Å². The average molecular weight is 407 g/mol. The molecule has 3 aromatic carbocycles. The maximum absolute atomic E-state index is 13.4. The van der Waals surface area contributed by atoms with Crippen LogP contribution in [0.4, 0.5) is 10.1 Å². The van der Waals surface area contributed by atoms with Crippen molar-refractivity contribution in [3.63, 3.8) is 0 Å². The number of carbonyl (C=O) groups is 1. The Morgan fingerprint density at radius 1 is 0.828 bits per heavy atom. The van der Waals surface area contributed by atoms with Gasteiger partial charge in [-0.1, -0.05) is 42.5 Å². The summed E-state index contributed by atoms with van der Waals surface area (Å²) in [5, 5.41) is 0. The molecule has 0 aliphatic carbocycles. The van der Waals surface area contributed by atoms with Gasteiger partial charge in [0.05, 0.1) is 17.0 Å². The van der Waals surface area contributed by atoms with Crippen LogP contribution in [0, 0.1) is 5.82 Å². The summed E-state index contributed by atoms with van der Waals surface area (Å²) in [4.78, 5) is 15.2. The first-order valence-electron chi connectivity index (χ1n) is 9.01. The maximum atomic E-state index is 13.4. The van der Waals surface area contributed by atoms with Gasteiger partial charge in [0.25, 0.3) is 5.91 Å². The Hall–Kier alpha value is -3.25. The quantitative estimate of drug-likeness (QED) is 0.652. The van der Waals surface area contributed by atoms with Gasteiger partial charge in [-0.25, -0.2) is 12.8 Å². The molecular formula is C23H18FNO3S. The van der Waals surface area contributed by atoms with Crippen molar-refractivity contribution in [2.45, 2.75) is 4.90 Å². The molecule has 3 aromatic rings. The van der Waals surface area contributed by atoms with Crippen molar-refractivity contribution in [3.05, 3.63) is 95.8 Å². The van der Waals surface area contributed by atoms with E-state index in [2.05, 4.69) is 0 Å². The number of halogens is 1. The summed E-state index contributed by atoms with van der Waals surface area (Å²) in [6, 6.07) is 21.6. The molecule has 0 unspecified atom stereocenters. The van der Waals surface area contributed by atoms with E-state index in [4.69, 9.17) is 0 Å². The Morgan fingerprint density at radius 3 is 2.00 bits per heavy atom. The van der Waals surface area contributed by atoms with Gasteiger partial charge in [0.2, 0.25) is 0 Å². The molecule has 0 spiro atoms. The second kappa shape index (κ2) is 7.29. The van der Waals surface area contributed by atoms with E-state index in [9.17, 15) is 17.6 Å². The van der Waals surface area contributed by atoms with Crippen LogP contribution in [0.1, 0.15) is 11.1 Å². The minimum atomic E-state index is -3.31. The minimum Gasteiger partial charge on any atom is -0.304 e. The molecule has 146 valence electrons. The van der Waals surface area contributed by atoms with Crippen molar-refractivity contribution in [3.8, 4) is 0 Å². The molecule has 29 heavy (non-hydrogen) atoms. The average Bonchev–Trinajstić information content (AvgIpc) is 3.06. The number of hydrogen-bond donors (Lipinski definition) is 0. The highest BCUT2D eigenvalue weighted by molar-refractivity contribution is 7.90. The SMILES string of the molecule is CS(=O)(=O)c1ccc(C2=C(c3ccc(F)cc3)C(=O)N(c3ccccc3)C2)cc1. The lowest BCUT2D eigenvalue weighted by Gasteiger charge is -2.17. The molecule has 0 radical (unpaired) electrons. The first-order valence-corrected chi connectivity index (χ1v) is 10.9. The molecule has 1 amide bonds. The fraction of sp³-hybridized carbons (Fsp3) is 0.0870. The molecule has 0 saturated heterocycles. The molecule has 1 heterocycles. The molecule has 0 aromatic heterocycles. The predicted octanol–water partition coefficient (Wildman–Crippen LogP) is 4.19. The highest BCUT2D eigenvalue weighted by Crippen LogP contribution is 2.37. The smallest absolute Gasteiger partial charge is 0.259 e. The normalized spacial score (nSPS) is 14.6. The molecule has 0 fully saturated rings. The fourth-order valence-corrected chi connectivity index (χ4v) is 4.07. The number of rotatable bonds is 4. The minimum absolute atomic E-state index is 0.176. The summed E-state index contributed by atoms with van der Waals surface area (Å²) in [5.74, 6) is -0.552. The van der Waals surface area contributed by atoms with E-state index in [1.165, 1.54) is 24.3 Å². The first-order chi connectivity index (χ1) is 13.8. The van der Waals surface area contributed by atoms with Crippen LogP contribution in [0.25, 0.3) is 11.1 Å². The second-order valence-electron chi connectivity index (χ2n) is 6.88. The van der Waals surface area contributed by atoms with Crippen molar-refractivity contribution < 1.29 is 17.6 Å². The summed E-state index contributed by atoms with van der Waals surface area (Å²) in [5.41, 5.74) is 3.40. The topological polar surface area (TPSA) is 54.5 Å². The molecule has 0 atom stereocenters. The van der Waals surface area contributed by atoms with Gasteiger partial charge in [-0.3, -0.25) is 4.79 Å².